The van der Waals surface area contributed by atoms with E-state index in [1.807, 2.05) is 12.1 Å². The SMILES string of the molecule is COc1cc(C#N)ccc1C=CC(=O)CC(=O)OCCC#N. The van der Waals surface area contributed by atoms with Gasteiger partial charge < -0.3 is 9.47 Å². The number of ether oxygens (including phenoxy) is 2. The van der Waals surface area contributed by atoms with E-state index in [9.17, 15) is 9.59 Å². The third-order valence-electron chi connectivity index (χ3n) is 2.61. The Kier molecular flexibility index (Phi) is 6.88. The molecule has 0 fully saturated rings. The molecule has 0 unspecified atom stereocenters. The maximum Gasteiger partial charge on any atom is 0.313 e. The molecule has 0 amide bonds. The summed E-state index contributed by atoms with van der Waals surface area (Å²) in [5, 5.41) is 17.1. The van der Waals surface area contributed by atoms with Crippen molar-refractivity contribution in [2.75, 3.05) is 13.7 Å². The molecule has 6 nitrogen and oxygen atoms in total. The molecule has 0 aliphatic heterocycles. The van der Waals surface area contributed by atoms with E-state index in [0.29, 0.717) is 16.9 Å². The fourth-order valence-corrected chi connectivity index (χ4v) is 1.56. The lowest BCUT2D eigenvalue weighted by Gasteiger charge is -2.04. The van der Waals surface area contributed by atoms with Crippen LogP contribution in [0.25, 0.3) is 6.08 Å². The highest BCUT2D eigenvalue weighted by Gasteiger charge is 2.08. The molecule has 0 N–H and O–H groups in total. The highest BCUT2D eigenvalue weighted by Crippen LogP contribution is 2.21. The van der Waals surface area contributed by atoms with Gasteiger partial charge in [0.25, 0.3) is 0 Å². The van der Waals surface area contributed by atoms with Gasteiger partial charge >= 0.3 is 5.97 Å². The van der Waals surface area contributed by atoms with Crippen LogP contribution in [0.5, 0.6) is 5.75 Å². The van der Waals surface area contributed by atoms with Crippen LogP contribution in [0.15, 0.2) is 24.3 Å². The highest BCUT2D eigenvalue weighted by atomic mass is 16.5. The second-order valence-corrected chi connectivity index (χ2v) is 4.17. The predicted octanol–water partition coefficient (Wildman–Crippen LogP) is 2.00. The summed E-state index contributed by atoms with van der Waals surface area (Å²) in [7, 11) is 1.46. The molecule has 1 aromatic carbocycles. The molecule has 1 rings (SSSR count). The van der Waals surface area contributed by atoms with E-state index in [1.54, 1.807) is 18.2 Å². The first-order valence-corrected chi connectivity index (χ1v) is 6.42. The molecule has 0 heterocycles. The third-order valence-corrected chi connectivity index (χ3v) is 2.61. The molecular weight excluding hydrogens is 284 g/mol. The molecule has 0 radical (unpaired) electrons. The third kappa shape index (κ3) is 5.48. The molecule has 0 saturated heterocycles. The summed E-state index contributed by atoms with van der Waals surface area (Å²) in [4.78, 5) is 22.9. The van der Waals surface area contributed by atoms with Crippen LogP contribution < -0.4 is 4.74 Å². The van der Waals surface area contributed by atoms with E-state index in [-0.39, 0.29) is 19.4 Å². The molecule has 1 aromatic rings. The normalized spacial score (nSPS) is 9.77. The van der Waals surface area contributed by atoms with E-state index in [1.165, 1.54) is 19.3 Å². The number of ketones is 1. The Hall–Kier alpha value is -3.12. The maximum atomic E-state index is 11.6. The lowest BCUT2D eigenvalue weighted by molar-refractivity contribution is -0.145. The number of allylic oxidation sites excluding steroid dienone is 1. The first kappa shape index (κ1) is 16.9. The van der Waals surface area contributed by atoms with Crippen molar-refractivity contribution >= 4 is 17.8 Å². The number of hydrogen-bond acceptors (Lipinski definition) is 6. The van der Waals surface area contributed by atoms with Crippen LogP contribution >= 0.6 is 0 Å². The second-order valence-electron chi connectivity index (χ2n) is 4.17. The average molecular weight is 298 g/mol. The van der Waals surface area contributed by atoms with E-state index in [0.717, 1.165) is 0 Å². The van der Waals surface area contributed by atoms with Crippen LogP contribution in [0.3, 0.4) is 0 Å². The van der Waals surface area contributed by atoms with Gasteiger partial charge in [-0.3, -0.25) is 9.59 Å². The first-order chi connectivity index (χ1) is 10.6. The molecule has 0 spiro atoms. The maximum absolute atomic E-state index is 11.6. The van der Waals surface area contributed by atoms with Crippen molar-refractivity contribution < 1.29 is 19.1 Å². The van der Waals surface area contributed by atoms with Crippen LogP contribution in [0.4, 0.5) is 0 Å². The molecule has 112 valence electrons. The molecule has 22 heavy (non-hydrogen) atoms. The number of rotatable bonds is 7. The lowest BCUT2D eigenvalue weighted by atomic mass is 10.1. The van der Waals surface area contributed by atoms with Crippen molar-refractivity contribution in [2.45, 2.75) is 12.8 Å². The molecule has 0 aliphatic carbocycles. The topological polar surface area (TPSA) is 100 Å². The van der Waals surface area contributed by atoms with E-state index >= 15 is 0 Å². The predicted molar refractivity (Wildman–Crippen MR) is 77.6 cm³/mol. The summed E-state index contributed by atoms with van der Waals surface area (Å²) in [6.45, 7) is -0.0181. The number of esters is 1. The summed E-state index contributed by atoms with van der Waals surface area (Å²) < 4.78 is 9.83. The van der Waals surface area contributed by atoms with Gasteiger partial charge in [0.05, 0.1) is 31.2 Å². The molecule has 0 saturated carbocycles. The van der Waals surface area contributed by atoms with Gasteiger partial charge in [0.1, 0.15) is 18.8 Å². The number of carbonyl (C=O) groups is 2. The molecule has 6 heteroatoms. The van der Waals surface area contributed by atoms with Crippen LogP contribution in [0.1, 0.15) is 24.0 Å². The summed E-state index contributed by atoms with van der Waals surface area (Å²) in [6, 6.07) is 8.62. The van der Waals surface area contributed by atoms with Crippen LogP contribution in [-0.2, 0) is 14.3 Å². The van der Waals surface area contributed by atoms with Crippen LogP contribution in [-0.4, -0.2) is 25.5 Å². The van der Waals surface area contributed by atoms with Crippen molar-refractivity contribution in [1.29, 1.82) is 10.5 Å². The summed E-state index contributed by atoms with van der Waals surface area (Å²) in [5.74, 6) is -0.634. The Balaban J connectivity index is 2.65. The Bertz CT molecular complexity index is 666. The number of methoxy groups -OCH3 is 1. The van der Waals surface area contributed by atoms with E-state index in [2.05, 4.69) is 0 Å². The van der Waals surface area contributed by atoms with Gasteiger partial charge in [0.15, 0.2) is 5.78 Å². The monoisotopic (exact) mass is 298 g/mol. The van der Waals surface area contributed by atoms with Gasteiger partial charge in [-0.25, -0.2) is 0 Å². The van der Waals surface area contributed by atoms with Gasteiger partial charge in [-0.2, -0.15) is 10.5 Å². The minimum absolute atomic E-state index is 0.0181. The number of carbonyl (C=O) groups excluding carboxylic acids is 2. The largest absolute Gasteiger partial charge is 0.496 e. The summed E-state index contributed by atoms with van der Waals surface area (Å²) in [5.41, 5.74) is 1.06. The second kappa shape index (κ2) is 8.93. The van der Waals surface area contributed by atoms with Gasteiger partial charge in [0.2, 0.25) is 0 Å². The average Bonchev–Trinajstić information content (AvgIpc) is 2.52. The number of hydrogen-bond donors (Lipinski definition) is 0. The van der Waals surface area contributed by atoms with E-state index in [4.69, 9.17) is 20.0 Å². The summed E-state index contributed by atoms with van der Waals surface area (Å²) in [6.07, 6.45) is 2.46. The van der Waals surface area contributed by atoms with Crippen LogP contribution in [0, 0.1) is 22.7 Å². The fraction of sp³-hybridized carbons (Fsp3) is 0.250. The quantitative estimate of drug-likeness (QED) is 0.330. The Morgan fingerprint density at radius 2 is 2.09 bits per heavy atom. The Morgan fingerprint density at radius 1 is 1.32 bits per heavy atom. The highest BCUT2D eigenvalue weighted by molar-refractivity contribution is 6.04. The first-order valence-electron chi connectivity index (χ1n) is 6.42. The van der Waals surface area contributed by atoms with Crippen molar-refractivity contribution in [3.63, 3.8) is 0 Å². The van der Waals surface area contributed by atoms with E-state index < -0.39 is 11.8 Å². The zero-order valence-corrected chi connectivity index (χ0v) is 12.0. The van der Waals surface area contributed by atoms with Gasteiger partial charge in [-0.05, 0) is 30.4 Å². The van der Waals surface area contributed by atoms with Crippen LogP contribution in [0.2, 0.25) is 0 Å². The van der Waals surface area contributed by atoms with Crippen molar-refractivity contribution in [2.24, 2.45) is 0 Å². The number of benzene rings is 1. The van der Waals surface area contributed by atoms with Crippen molar-refractivity contribution in [3.8, 4) is 17.9 Å². The van der Waals surface area contributed by atoms with Gasteiger partial charge in [-0.1, -0.05) is 0 Å². The smallest absolute Gasteiger partial charge is 0.313 e. The fourth-order valence-electron chi connectivity index (χ4n) is 1.56. The Labute approximate surface area is 128 Å². The number of nitriles is 2. The minimum Gasteiger partial charge on any atom is -0.496 e. The molecular formula is C16H14N2O4. The molecule has 0 atom stereocenters. The molecule has 0 aliphatic rings. The van der Waals surface area contributed by atoms with Crippen molar-refractivity contribution in [1.82, 2.24) is 0 Å². The van der Waals surface area contributed by atoms with Gasteiger partial charge in [-0.15, -0.1) is 0 Å². The summed E-state index contributed by atoms with van der Waals surface area (Å²) >= 11 is 0. The molecule has 0 aromatic heterocycles. The molecule has 0 bridgehead atoms. The van der Waals surface area contributed by atoms with Gasteiger partial charge in [0, 0.05) is 5.56 Å². The zero-order chi connectivity index (χ0) is 16.4. The minimum atomic E-state index is -0.670. The lowest BCUT2D eigenvalue weighted by Crippen LogP contribution is -2.10. The Morgan fingerprint density at radius 3 is 2.73 bits per heavy atom. The number of nitrogens with zero attached hydrogens (tertiary/aromatic N) is 2. The standard InChI is InChI=1S/C16H14N2O4/c1-21-15-9-12(11-18)3-4-13(15)5-6-14(19)10-16(20)22-8-2-7-17/h3-6,9H,2,8,10H2,1H3. The zero-order valence-electron chi connectivity index (χ0n) is 12.0. The van der Waals surface area contributed by atoms with Crippen molar-refractivity contribution in [3.05, 3.63) is 35.4 Å².